The minimum Gasteiger partial charge on any atom is -0.362 e. The molecule has 4 N–H and O–H groups in total. The van der Waals surface area contributed by atoms with Crippen LogP contribution < -0.4 is 15.8 Å². The van der Waals surface area contributed by atoms with Crippen molar-refractivity contribution in [3.63, 3.8) is 0 Å². The van der Waals surface area contributed by atoms with Crippen LogP contribution in [0, 0.1) is 3.57 Å². The van der Waals surface area contributed by atoms with Gasteiger partial charge >= 0.3 is 0 Å². The number of anilines is 1. The maximum Gasteiger partial charge on any atom is 0.238 e. The highest BCUT2D eigenvalue weighted by Crippen LogP contribution is 2.12. The molecule has 0 saturated carbocycles. The van der Waals surface area contributed by atoms with E-state index in [0.717, 1.165) is 21.2 Å². The summed E-state index contributed by atoms with van der Waals surface area (Å²) in [5.41, 5.74) is 1.94. The average Bonchev–Trinajstić information content (AvgIpc) is 2.47. The second-order valence-electron chi connectivity index (χ2n) is 4.83. The van der Waals surface area contributed by atoms with Gasteiger partial charge in [0.05, 0.1) is 4.90 Å². The number of rotatable bonds is 5. The van der Waals surface area contributed by atoms with Crippen LogP contribution in [0.1, 0.15) is 5.56 Å². The minimum absolute atomic E-state index is 0.116. The van der Waals surface area contributed by atoms with Crippen molar-refractivity contribution in [1.82, 2.24) is 5.32 Å². The van der Waals surface area contributed by atoms with Gasteiger partial charge in [-0.2, -0.15) is 0 Å². The number of benzene rings is 2. The van der Waals surface area contributed by atoms with Crippen LogP contribution in [0.15, 0.2) is 53.4 Å². The van der Waals surface area contributed by atoms with E-state index in [1.54, 1.807) is 12.1 Å². The van der Waals surface area contributed by atoms with Crippen LogP contribution in [-0.2, 0) is 16.4 Å². The Balaban J connectivity index is 1.81. The van der Waals surface area contributed by atoms with Crippen molar-refractivity contribution in [2.45, 2.75) is 11.3 Å². The Morgan fingerprint density at radius 3 is 2.48 bits per heavy atom. The van der Waals surface area contributed by atoms with Crippen molar-refractivity contribution >= 4 is 55.6 Å². The molecule has 0 spiro atoms. The maximum absolute atomic E-state index is 11.2. The molecule has 0 aromatic heterocycles. The third-order valence-corrected chi connectivity index (χ3v) is 4.88. The maximum atomic E-state index is 11.2. The van der Waals surface area contributed by atoms with E-state index in [4.69, 9.17) is 17.4 Å². The molecule has 5 nitrogen and oxygen atoms in total. The number of nitrogens with two attached hydrogens (primary N) is 1. The summed E-state index contributed by atoms with van der Waals surface area (Å²) in [7, 11) is -3.64. The van der Waals surface area contributed by atoms with Crippen LogP contribution in [0.3, 0.4) is 0 Å². The highest BCUT2D eigenvalue weighted by molar-refractivity contribution is 14.1. The zero-order valence-corrected chi connectivity index (χ0v) is 15.9. The zero-order valence-electron chi connectivity index (χ0n) is 12.1. The molecular formula is C15H16IN3O2S2. The van der Waals surface area contributed by atoms with Crippen LogP contribution in [0.5, 0.6) is 0 Å². The SMILES string of the molecule is NS(=O)(=O)c1ccc(CCNC(=S)Nc2cccc(I)c2)cc1. The van der Waals surface area contributed by atoms with Crippen LogP contribution in [0.4, 0.5) is 5.69 Å². The van der Waals surface area contributed by atoms with Crippen molar-refractivity contribution in [2.75, 3.05) is 11.9 Å². The van der Waals surface area contributed by atoms with Crippen molar-refractivity contribution in [1.29, 1.82) is 0 Å². The Labute approximate surface area is 154 Å². The minimum atomic E-state index is -3.64. The van der Waals surface area contributed by atoms with Gasteiger partial charge in [-0.25, -0.2) is 13.6 Å². The quantitative estimate of drug-likeness (QED) is 0.471. The molecule has 8 heteroatoms. The number of hydrogen-bond acceptors (Lipinski definition) is 3. The molecule has 23 heavy (non-hydrogen) atoms. The van der Waals surface area contributed by atoms with Gasteiger partial charge in [0.1, 0.15) is 0 Å². The third kappa shape index (κ3) is 6.05. The molecule has 0 aliphatic rings. The van der Waals surface area contributed by atoms with Crippen molar-refractivity contribution < 1.29 is 8.42 Å². The third-order valence-electron chi connectivity index (χ3n) is 3.03. The Morgan fingerprint density at radius 1 is 1.17 bits per heavy atom. The molecule has 0 heterocycles. The lowest BCUT2D eigenvalue weighted by atomic mass is 10.1. The monoisotopic (exact) mass is 461 g/mol. The molecule has 0 aliphatic carbocycles. The molecule has 0 amide bonds. The second kappa shape index (κ2) is 8.04. The number of primary sulfonamides is 1. The smallest absolute Gasteiger partial charge is 0.238 e. The van der Waals surface area contributed by atoms with E-state index in [1.165, 1.54) is 12.1 Å². The fourth-order valence-corrected chi connectivity index (χ4v) is 3.19. The highest BCUT2D eigenvalue weighted by Gasteiger charge is 2.06. The summed E-state index contributed by atoms with van der Waals surface area (Å²) in [6.45, 7) is 0.643. The molecule has 0 aliphatic heterocycles. The molecular weight excluding hydrogens is 445 g/mol. The lowest BCUT2D eigenvalue weighted by Gasteiger charge is -2.11. The largest absolute Gasteiger partial charge is 0.362 e. The van der Waals surface area contributed by atoms with Gasteiger partial charge in [0.15, 0.2) is 5.11 Å². The van der Waals surface area contributed by atoms with E-state index in [2.05, 4.69) is 33.2 Å². The molecule has 0 bridgehead atoms. The van der Waals surface area contributed by atoms with Crippen molar-refractivity contribution in [3.8, 4) is 0 Å². The highest BCUT2D eigenvalue weighted by atomic mass is 127. The lowest BCUT2D eigenvalue weighted by Crippen LogP contribution is -2.30. The summed E-state index contributed by atoms with van der Waals surface area (Å²) in [5.74, 6) is 0. The van der Waals surface area contributed by atoms with Gasteiger partial charge in [-0.3, -0.25) is 0 Å². The Kier molecular flexibility index (Phi) is 6.33. The van der Waals surface area contributed by atoms with E-state index in [0.29, 0.717) is 11.7 Å². The van der Waals surface area contributed by atoms with Gasteiger partial charge in [0.2, 0.25) is 10.0 Å². The molecule has 0 saturated heterocycles. The predicted octanol–water partition coefficient (Wildman–Crippen LogP) is 2.47. The van der Waals surface area contributed by atoms with Gasteiger partial charge in [0.25, 0.3) is 0 Å². The fourth-order valence-electron chi connectivity index (χ4n) is 1.91. The first-order valence-electron chi connectivity index (χ1n) is 6.77. The molecule has 0 unspecified atom stereocenters. The van der Waals surface area contributed by atoms with Crippen LogP contribution in [0.2, 0.25) is 0 Å². The number of thiocarbonyl (C=S) groups is 1. The first-order valence-corrected chi connectivity index (χ1v) is 9.80. The van der Waals surface area contributed by atoms with E-state index in [9.17, 15) is 8.42 Å². The van der Waals surface area contributed by atoms with Gasteiger partial charge in [-0.1, -0.05) is 18.2 Å². The molecule has 2 aromatic carbocycles. The average molecular weight is 461 g/mol. The van der Waals surface area contributed by atoms with Crippen molar-refractivity contribution in [2.24, 2.45) is 5.14 Å². The summed E-state index contributed by atoms with van der Waals surface area (Å²) in [6, 6.07) is 14.4. The Morgan fingerprint density at radius 2 is 1.87 bits per heavy atom. The number of nitrogens with one attached hydrogen (secondary N) is 2. The Bertz CT molecular complexity index is 793. The van der Waals surface area contributed by atoms with Gasteiger partial charge in [0, 0.05) is 15.8 Å². The first-order chi connectivity index (χ1) is 10.8. The summed E-state index contributed by atoms with van der Waals surface area (Å²) < 4.78 is 23.5. The number of hydrogen-bond donors (Lipinski definition) is 3. The summed E-state index contributed by atoms with van der Waals surface area (Å²) in [4.78, 5) is 0.116. The second-order valence-corrected chi connectivity index (χ2v) is 8.05. The number of halogens is 1. The number of sulfonamides is 1. The normalized spacial score (nSPS) is 11.0. The lowest BCUT2D eigenvalue weighted by molar-refractivity contribution is 0.598. The van der Waals surface area contributed by atoms with Crippen LogP contribution in [0.25, 0.3) is 0 Å². The Hall–Kier alpha value is -1.23. The van der Waals surface area contributed by atoms with Crippen molar-refractivity contribution in [3.05, 3.63) is 57.7 Å². The summed E-state index contributed by atoms with van der Waals surface area (Å²) in [6.07, 6.45) is 0.721. The van der Waals surface area contributed by atoms with Crippen LogP contribution >= 0.6 is 34.8 Å². The molecule has 2 rings (SSSR count). The van der Waals surface area contributed by atoms with E-state index < -0.39 is 10.0 Å². The fraction of sp³-hybridized carbons (Fsp3) is 0.133. The molecule has 2 aromatic rings. The zero-order chi connectivity index (χ0) is 16.9. The van der Waals surface area contributed by atoms with Gasteiger partial charge in [-0.05, 0) is 77.1 Å². The van der Waals surface area contributed by atoms with Gasteiger partial charge in [-0.15, -0.1) is 0 Å². The first kappa shape index (κ1) is 18.1. The van der Waals surface area contributed by atoms with E-state index >= 15 is 0 Å². The van der Waals surface area contributed by atoms with Crippen LogP contribution in [-0.4, -0.2) is 20.1 Å². The van der Waals surface area contributed by atoms with E-state index in [-0.39, 0.29) is 4.90 Å². The molecule has 0 radical (unpaired) electrons. The standard InChI is InChI=1S/C15H16IN3O2S2/c16-12-2-1-3-13(10-12)19-15(22)18-9-8-11-4-6-14(7-5-11)23(17,20)21/h1-7,10H,8-9H2,(H2,17,20,21)(H2,18,19,22). The summed E-state index contributed by atoms with van der Waals surface area (Å²) >= 11 is 7.49. The topological polar surface area (TPSA) is 84.2 Å². The van der Waals surface area contributed by atoms with E-state index in [1.807, 2.05) is 24.3 Å². The molecule has 122 valence electrons. The summed E-state index contributed by atoms with van der Waals surface area (Å²) in [5, 5.41) is 11.9. The predicted molar refractivity (Wildman–Crippen MR) is 105 cm³/mol. The molecule has 0 atom stereocenters. The molecule has 0 fully saturated rings. The van der Waals surface area contributed by atoms with Gasteiger partial charge < -0.3 is 10.6 Å².